The van der Waals surface area contributed by atoms with Crippen molar-refractivity contribution in [3.8, 4) is 11.5 Å². The Hall–Kier alpha value is -2.05. The number of rotatable bonds is 8. The molecule has 1 aliphatic rings. The summed E-state index contributed by atoms with van der Waals surface area (Å²) in [5.41, 5.74) is 1.68. The van der Waals surface area contributed by atoms with Crippen LogP contribution in [0.3, 0.4) is 0 Å². The van der Waals surface area contributed by atoms with E-state index in [4.69, 9.17) is 14.5 Å². The molecule has 0 bridgehead atoms. The monoisotopic (exact) mass is 373 g/mol. The molecule has 0 radical (unpaired) electrons. The minimum atomic E-state index is -0.444. The number of aliphatic hydroxyl groups is 1. The fourth-order valence-electron chi connectivity index (χ4n) is 3.65. The van der Waals surface area contributed by atoms with Gasteiger partial charge in [-0.05, 0) is 43.9 Å². The lowest BCUT2D eigenvalue weighted by Crippen LogP contribution is -2.47. The fourth-order valence-corrected chi connectivity index (χ4v) is 3.65. The number of nitrogens with zero attached hydrogens (tertiary/aromatic N) is 2. The first-order valence-corrected chi connectivity index (χ1v) is 9.68. The van der Waals surface area contributed by atoms with Crippen molar-refractivity contribution >= 4 is 0 Å². The van der Waals surface area contributed by atoms with Crippen LogP contribution in [0.2, 0.25) is 0 Å². The summed E-state index contributed by atoms with van der Waals surface area (Å²) in [7, 11) is 3.26. The van der Waals surface area contributed by atoms with Gasteiger partial charge < -0.3 is 24.5 Å². The number of fused-ring (bicyclic) bond motifs is 1. The number of imidazole rings is 1. The summed E-state index contributed by atoms with van der Waals surface area (Å²) in [4.78, 5) is 4.79. The van der Waals surface area contributed by atoms with Gasteiger partial charge in [0.2, 0.25) is 0 Å². The topological polar surface area (TPSA) is 68.5 Å². The molecule has 0 saturated heterocycles. The summed E-state index contributed by atoms with van der Waals surface area (Å²) in [6.45, 7) is 3.77. The Morgan fingerprint density at radius 1 is 1.19 bits per heavy atom. The molecule has 2 N–H and O–H groups in total. The third-order valence-corrected chi connectivity index (χ3v) is 5.30. The molecular weight excluding hydrogens is 342 g/mol. The van der Waals surface area contributed by atoms with Gasteiger partial charge in [0, 0.05) is 31.2 Å². The lowest BCUT2D eigenvalue weighted by molar-refractivity contribution is 0.172. The average molecular weight is 373 g/mol. The molecule has 2 heterocycles. The molecule has 6 heteroatoms. The van der Waals surface area contributed by atoms with Crippen LogP contribution in [0.4, 0.5) is 0 Å². The van der Waals surface area contributed by atoms with Crippen LogP contribution < -0.4 is 14.8 Å². The molecule has 0 amide bonds. The molecule has 1 aromatic heterocycles. The van der Waals surface area contributed by atoms with Gasteiger partial charge in [0.05, 0.1) is 26.5 Å². The van der Waals surface area contributed by atoms with Crippen molar-refractivity contribution in [3.63, 3.8) is 0 Å². The smallest absolute Gasteiger partial charge is 0.160 e. The highest BCUT2D eigenvalue weighted by Gasteiger charge is 2.24. The molecule has 0 spiro atoms. The van der Waals surface area contributed by atoms with Crippen molar-refractivity contribution < 1.29 is 14.6 Å². The zero-order valence-corrected chi connectivity index (χ0v) is 16.6. The van der Waals surface area contributed by atoms with Crippen LogP contribution >= 0.6 is 0 Å². The van der Waals surface area contributed by atoms with E-state index >= 15 is 0 Å². The normalized spacial score (nSPS) is 16.3. The van der Waals surface area contributed by atoms with E-state index in [1.54, 1.807) is 14.2 Å². The zero-order chi connectivity index (χ0) is 19.3. The summed E-state index contributed by atoms with van der Waals surface area (Å²) >= 11 is 0. The maximum atomic E-state index is 10.0. The predicted octanol–water partition coefficient (Wildman–Crippen LogP) is 2.71. The molecule has 3 rings (SSSR count). The van der Waals surface area contributed by atoms with Crippen molar-refractivity contribution in [2.45, 2.75) is 57.7 Å². The molecule has 2 aromatic rings. The molecule has 0 aliphatic carbocycles. The fraction of sp³-hybridized carbons (Fsp3) is 0.571. The van der Waals surface area contributed by atoms with Crippen LogP contribution in [-0.4, -0.2) is 41.0 Å². The second kappa shape index (κ2) is 8.76. The van der Waals surface area contributed by atoms with Crippen molar-refractivity contribution in [1.82, 2.24) is 14.9 Å². The molecule has 1 atom stereocenters. The van der Waals surface area contributed by atoms with E-state index < -0.39 is 5.54 Å². The van der Waals surface area contributed by atoms with Crippen LogP contribution in [-0.2, 0) is 25.9 Å². The van der Waals surface area contributed by atoms with Gasteiger partial charge in [-0.1, -0.05) is 12.5 Å². The first-order valence-electron chi connectivity index (χ1n) is 9.68. The van der Waals surface area contributed by atoms with Gasteiger partial charge in [-0.3, -0.25) is 0 Å². The van der Waals surface area contributed by atoms with Gasteiger partial charge in [-0.15, -0.1) is 0 Å². The number of aromatic nitrogens is 2. The minimum absolute atomic E-state index is 0.0366. The molecule has 6 nitrogen and oxygen atoms in total. The van der Waals surface area contributed by atoms with Crippen molar-refractivity contribution in [1.29, 1.82) is 0 Å². The maximum absolute atomic E-state index is 10.0. The molecule has 1 aliphatic heterocycles. The Morgan fingerprint density at radius 3 is 2.74 bits per heavy atom. The van der Waals surface area contributed by atoms with Crippen LogP contribution in [0.5, 0.6) is 11.5 Å². The van der Waals surface area contributed by atoms with E-state index in [0.29, 0.717) is 24.5 Å². The summed E-state index contributed by atoms with van der Waals surface area (Å²) in [5.74, 6) is 2.60. The minimum Gasteiger partial charge on any atom is -0.493 e. The van der Waals surface area contributed by atoms with Crippen LogP contribution in [0.15, 0.2) is 24.4 Å². The molecule has 1 aromatic carbocycles. The molecular formula is C21H31N3O3. The van der Waals surface area contributed by atoms with Crippen molar-refractivity contribution in [2.24, 2.45) is 0 Å². The van der Waals surface area contributed by atoms with Crippen molar-refractivity contribution in [2.75, 3.05) is 20.8 Å². The second-order valence-corrected chi connectivity index (χ2v) is 7.59. The van der Waals surface area contributed by atoms with Crippen LogP contribution in [0.1, 0.15) is 43.3 Å². The predicted molar refractivity (Wildman–Crippen MR) is 105 cm³/mol. The molecule has 1 unspecified atom stereocenters. The van der Waals surface area contributed by atoms with Crippen LogP contribution in [0.25, 0.3) is 0 Å². The van der Waals surface area contributed by atoms with Crippen LogP contribution in [0, 0.1) is 0 Å². The van der Waals surface area contributed by atoms with Gasteiger partial charge in [0.1, 0.15) is 5.82 Å². The Kier molecular flexibility index (Phi) is 6.39. The van der Waals surface area contributed by atoms with E-state index in [1.807, 2.05) is 25.1 Å². The van der Waals surface area contributed by atoms with Gasteiger partial charge in [0.25, 0.3) is 0 Å². The molecule has 0 fully saturated rings. The third-order valence-electron chi connectivity index (χ3n) is 5.30. The van der Waals surface area contributed by atoms with Crippen molar-refractivity contribution in [3.05, 3.63) is 41.5 Å². The molecule has 27 heavy (non-hydrogen) atoms. The lowest BCUT2D eigenvalue weighted by atomic mass is 9.93. The first-order chi connectivity index (χ1) is 13.1. The van der Waals surface area contributed by atoms with E-state index in [1.165, 1.54) is 25.1 Å². The Labute approximate surface area is 161 Å². The van der Waals surface area contributed by atoms with E-state index in [-0.39, 0.29) is 6.61 Å². The number of aliphatic hydroxyl groups excluding tert-OH is 1. The van der Waals surface area contributed by atoms with Gasteiger partial charge in [0.15, 0.2) is 11.5 Å². The molecule has 0 saturated carbocycles. The highest BCUT2D eigenvalue weighted by atomic mass is 16.5. The second-order valence-electron chi connectivity index (χ2n) is 7.59. The summed E-state index contributed by atoms with van der Waals surface area (Å²) in [6.07, 6.45) is 7.62. The van der Waals surface area contributed by atoms with E-state index in [2.05, 4.69) is 16.1 Å². The zero-order valence-electron chi connectivity index (χ0n) is 16.6. The quantitative estimate of drug-likeness (QED) is 0.745. The standard InChI is InChI=1S/C21H31N3O3/c1-21(15-25,12-16-8-9-18(26-2)19(11-16)27-3)22-13-17-14-24-10-6-4-5-7-20(24)23-17/h8-9,11,14,22,25H,4-7,10,12-13,15H2,1-3H3. The van der Waals surface area contributed by atoms with E-state index in [0.717, 1.165) is 24.2 Å². The number of nitrogens with one attached hydrogen (secondary N) is 1. The number of hydrogen-bond donors (Lipinski definition) is 2. The van der Waals surface area contributed by atoms with Gasteiger partial charge in [-0.25, -0.2) is 4.98 Å². The lowest BCUT2D eigenvalue weighted by Gasteiger charge is -2.29. The SMILES string of the molecule is COc1ccc(CC(C)(CO)NCc2cn3c(n2)CCCCC3)cc1OC. The highest BCUT2D eigenvalue weighted by molar-refractivity contribution is 5.43. The first kappa shape index (κ1) is 19.7. The number of hydrogen-bond acceptors (Lipinski definition) is 5. The Bertz CT molecular complexity index is 736. The maximum Gasteiger partial charge on any atom is 0.160 e. The number of benzene rings is 1. The average Bonchev–Trinajstić information content (AvgIpc) is 2.95. The molecule has 148 valence electrons. The van der Waals surface area contributed by atoms with Gasteiger partial charge >= 0.3 is 0 Å². The number of methoxy groups -OCH3 is 2. The third kappa shape index (κ3) is 4.82. The number of aryl methyl sites for hydroxylation is 2. The Balaban J connectivity index is 1.67. The summed E-state index contributed by atoms with van der Waals surface area (Å²) < 4.78 is 13.0. The summed E-state index contributed by atoms with van der Waals surface area (Å²) in [6, 6.07) is 5.88. The number of ether oxygens (including phenoxy) is 2. The Morgan fingerprint density at radius 2 is 2.00 bits per heavy atom. The van der Waals surface area contributed by atoms with Gasteiger partial charge in [-0.2, -0.15) is 0 Å². The highest BCUT2D eigenvalue weighted by Crippen LogP contribution is 2.29. The summed E-state index contributed by atoms with van der Waals surface area (Å²) in [5, 5.41) is 13.5. The van der Waals surface area contributed by atoms with E-state index in [9.17, 15) is 5.11 Å². The largest absolute Gasteiger partial charge is 0.493 e.